The number of nitrogens with zero attached hydrogens (tertiary/aromatic N) is 1. The molecule has 0 aromatic heterocycles. The van der Waals surface area contributed by atoms with Crippen molar-refractivity contribution in [3.8, 4) is 0 Å². The van der Waals surface area contributed by atoms with Crippen LogP contribution in [0.15, 0.2) is 48.5 Å². The van der Waals surface area contributed by atoms with E-state index in [0.29, 0.717) is 37.4 Å². The number of unbranched alkanes of at least 4 members (excludes halogenated alkanes) is 1. The zero-order chi connectivity index (χ0) is 22.6. The van der Waals surface area contributed by atoms with Gasteiger partial charge in [0.1, 0.15) is 6.04 Å². The fourth-order valence-corrected chi connectivity index (χ4v) is 3.67. The molecule has 4 nitrogen and oxygen atoms in total. The highest BCUT2D eigenvalue weighted by Crippen LogP contribution is 2.17. The van der Waals surface area contributed by atoms with E-state index >= 15 is 0 Å². The van der Waals surface area contributed by atoms with Gasteiger partial charge in [-0.25, -0.2) is 0 Å². The van der Waals surface area contributed by atoms with Crippen LogP contribution >= 0.6 is 11.6 Å². The third-order valence-electron chi connectivity index (χ3n) is 5.54. The van der Waals surface area contributed by atoms with Gasteiger partial charge in [0.2, 0.25) is 11.8 Å². The molecule has 0 radical (unpaired) electrons. The Bertz CT molecular complexity index is 818. The van der Waals surface area contributed by atoms with Gasteiger partial charge < -0.3 is 10.2 Å². The first-order chi connectivity index (χ1) is 15.0. The summed E-state index contributed by atoms with van der Waals surface area (Å²) in [6.07, 6.45) is 4.55. The van der Waals surface area contributed by atoms with Gasteiger partial charge in [-0.2, -0.15) is 0 Å². The molecule has 0 bridgehead atoms. The maximum atomic E-state index is 13.3. The van der Waals surface area contributed by atoms with Gasteiger partial charge in [0.05, 0.1) is 0 Å². The molecule has 0 spiro atoms. The Hall–Kier alpha value is -2.33. The molecule has 2 aromatic carbocycles. The predicted octanol–water partition coefficient (Wildman–Crippen LogP) is 5.56. The van der Waals surface area contributed by atoms with E-state index in [1.807, 2.05) is 31.2 Å². The van der Waals surface area contributed by atoms with Crippen molar-refractivity contribution in [2.75, 3.05) is 6.54 Å². The van der Waals surface area contributed by atoms with Gasteiger partial charge in [-0.15, -0.1) is 0 Å². The summed E-state index contributed by atoms with van der Waals surface area (Å²) in [4.78, 5) is 27.9. The first kappa shape index (κ1) is 24.9. The molecule has 2 aromatic rings. The predicted molar refractivity (Wildman–Crippen MR) is 128 cm³/mol. The molecular formula is C26H35ClN2O2. The van der Waals surface area contributed by atoms with E-state index in [9.17, 15) is 9.59 Å². The number of nitrogens with one attached hydrogen (secondary N) is 1. The number of benzene rings is 2. The highest BCUT2D eigenvalue weighted by Gasteiger charge is 2.28. The van der Waals surface area contributed by atoms with Crippen LogP contribution in [-0.4, -0.2) is 29.3 Å². The minimum absolute atomic E-state index is 0.00740. The average molecular weight is 443 g/mol. The average Bonchev–Trinajstić information content (AvgIpc) is 2.79. The lowest BCUT2D eigenvalue weighted by Crippen LogP contribution is -2.49. The van der Waals surface area contributed by atoms with Crippen LogP contribution in [0.1, 0.15) is 63.1 Å². The molecule has 0 unspecified atom stereocenters. The first-order valence-corrected chi connectivity index (χ1v) is 11.8. The molecule has 0 saturated carbocycles. The molecule has 1 N–H and O–H groups in total. The maximum absolute atomic E-state index is 13.3. The second-order valence-corrected chi connectivity index (χ2v) is 8.32. The van der Waals surface area contributed by atoms with Crippen molar-refractivity contribution in [2.24, 2.45) is 0 Å². The van der Waals surface area contributed by atoms with Gasteiger partial charge >= 0.3 is 0 Å². The Kier molecular flexibility index (Phi) is 10.6. The van der Waals surface area contributed by atoms with Crippen LogP contribution in [0.2, 0.25) is 5.02 Å². The fraction of sp³-hybridized carbons (Fsp3) is 0.462. The number of hydrogen-bond acceptors (Lipinski definition) is 2. The molecule has 168 valence electrons. The van der Waals surface area contributed by atoms with E-state index in [4.69, 9.17) is 11.6 Å². The van der Waals surface area contributed by atoms with Crippen molar-refractivity contribution in [3.05, 3.63) is 70.2 Å². The van der Waals surface area contributed by atoms with Crippen LogP contribution in [0.25, 0.3) is 0 Å². The molecule has 5 heteroatoms. The number of hydrogen-bond donors (Lipinski definition) is 1. The second-order valence-electron chi connectivity index (χ2n) is 7.89. The first-order valence-electron chi connectivity index (χ1n) is 11.4. The summed E-state index contributed by atoms with van der Waals surface area (Å²) in [6.45, 7) is 7.20. The SMILES string of the molecule is CCCCNC(=O)[C@H](CC)N(Cc1ccc(Cl)cc1)C(=O)CCc1ccc(CC)cc1. The normalized spacial score (nSPS) is 11.7. The molecule has 0 saturated heterocycles. The Morgan fingerprint density at radius 1 is 0.935 bits per heavy atom. The van der Waals surface area contributed by atoms with Crippen LogP contribution in [0.5, 0.6) is 0 Å². The van der Waals surface area contributed by atoms with Gasteiger partial charge in [-0.3, -0.25) is 9.59 Å². The highest BCUT2D eigenvalue weighted by atomic mass is 35.5. The Morgan fingerprint density at radius 3 is 2.13 bits per heavy atom. The monoisotopic (exact) mass is 442 g/mol. The lowest BCUT2D eigenvalue weighted by atomic mass is 10.0. The van der Waals surface area contributed by atoms with Crippen molar-refractivity contribution in [1.29, 1.82) is 0 Å². The van der Waals surface area contributed by atoms with Crippen molar-refractivity contribution < 1.29 is 9.59 Å². The van der Waals surface area contributed by atoms with Gasteiger partial charge in [0.15, 0.2) is 0 Å². The lowest BCUT2D eigenvalue weighted by molar-refractivity contribution is -0.141. The van der Waals surface area contributed by atoms with Gasteiger partial charge in [0, 0.05) is 24.5 Å². The van der Waals surface area contributed by atoms with Crippen LogP contribution in [0, 0.1) is 0 Å². The molecule has 0 aliphatic rings. The summed E-state index contributed by atoms with van der Waals surface area (Å²) >= 11 is 6.02. The molecule has 0 heterocycles. The minimum Gasteiger partial charge on any atom is -0.354 e. The fourth-order valence-electron chi connectivity index (χ4n) is 3.55. The smallest absolute Gasteiger partial charge is 0.242 e. The maximum Gasteiger partial charge on any atom is 0.242 e. The summed E-state index contributed by atoms with van der Waals surface area (Å²) in [7, 11) is 0. The number of halogens is 1. The Labute approximate surface area is 192 Å². The van der Waals surface area contributed by atoms with Crippen molar-refractivity contribution in [2.45, 2.75) is 71.9 Å². The summed E-state index contributed by atoms with van der Waals surface area (Å²) in [5.74, 6) is -0.0856. The molecule has 2 amide bonds. The summed E-state index contributed by atoms with van der Waals surface area (Å²) in [5, 5.41) is 3.65. The Morgan fingerprint density at radius 2 is 1.55 bits per heavy atom. The zero-order valence-electron chi connectivity index (χ0n) is 19.0. The number of carbonyl (C=O) groups is 2. The number of aryl methyl sites for hydroxylation is 2. The Balaban J connectivity index is 2.14. The van der Waals surface area contributed by atoms with Crippen LogP contribution < -0.4 is 5.32 Å². The summed E-state index contributed by atoms with van der Waals surface area (Å²) in [5.41, 5.74) is 3.39. The molecule has 1 atom stereocenters. The quantitative estimate of drug-likeness (QED) is 0.437. The number of amides is 2. The lowest BCUT2D eigenvalue weighted by Gasteiger charge is -2.31. The van der Waals surface area contributed by atoms with Gasteiger partial charge in [0.25, 0.3) is 0 Å². The van der Waals surface area contributed by atoms with Crippen LogP contribution in [-0.2, 0) is 29.0 Å². The molecule has 0 aliphatic heterocycles. The number of carbonyl (C=O) groups excluding carboxylic acids is 2. The van der Waals surface area contributed by atoms with Crippen LogP contribution in [0.4, 0.5) is 0 Å². The molecule has 2 rings (SSSR count). The summed E-state index contributed by atoms with van der Waals surface area (Å²) < 4.78 is 0. The van der Waals surface area contributed by atoms with E-state index < -0.39 is 6.04 Å². The van der Waals surface area contributed by atoms with Crippen molar-refractivity contribution in [1.82, 2.24) is 10.2 Å². The molecule has 0 fully saturated rings. The highest BCUT2D eigenvalue weighted by molar-refractivity contribution is 6.30. The van der Waals surface area contributed by atoms with Gasteiger partial charge in [-0.1, -0.05) is 75.2 Å². The molecule has 0 aliphatic carbocycles. The van der Waals surface area contributed by atoms with E-state index in [1.54, 1.807) is 4.90 Å². The zero-order valence-corrected chi connectivity index (χ0v) is 19.8. The largest absolute Gasteiger partial charge is 0.354 e. The standard InChI is InChI=1S/C26H35ClN2O2/c1-4-7-18-28-26(31)24(6-3)29(19-22-12-15-23(27)16-13-22)25(30)17-14-21-10-8-20(5-2)9-11-21/h8-13,15-16,24H,4-7,14,17-19H2,1-3H3,(H,28,31)/t24-/m0/s1. The van der Waals surface area contributed by atoms with Crippen LogP contribution in [0.3, 0.4) is 0 Å². The van der Waals surface area contributed by atoms with E-state index in [0.717, 1.165) is 30.4 Å². The summed E-state index contributed by atoms with van der Waals surface area (Å²) in [6, 6.07) is 15.4. The third-order valence-corrected chi connectivity index (χ3v) is 5.79. The third kappa shape index (κ3) is 8.02. The van der Waals surface area contributed by atoms with E-state index in [2.05, 4.69) is 43.4 Å². The molecule has 31 heavy (non-hydrogen) atoms. The topological polar surface area (TPSA) is 49.4 Å². The number of rotatable bonds is 12. The second kappa shape index (κ2) is 13.2. The molecular weight excluding hydrogens is 408 g/mol. The van der Waals surface area contributed by atoms with Crippen molar-refractivity contribution in [3.63, 3.8) is 0 Å². The van der Waals surface area contributed by atoms with Gasteiger partial charge in [-0.05, 0) is 54.5 Å². The van der Waals surface area contributed by atoms with Crippen molar-refractivity contribution >= 4 is 23.4 Å². The van der Waals surface area contributed by atoms with E-state index in [1.165, 1.54) is 5.56 Å². The minimum atomic E-state index is -0.484. The van der Waals surface area contributed by atoms with E-state index in [-0.39, 0.29) is 11.8 Å².